The maximum atomic E-state index is 12.3. The number of fused-ring (bicyclic) bond motifs is 1. The molecule has 2 amide bonds. The van der Waals surface area contributed by atoms with E-state index in [2.05, 4.69) is 0 Å². The molecule has 1 aliphatic carbocycles. The van der Waals surface area contributed by atoms with E-state index >= 15 is 0 Å². The Labute approximate surface area is 109 Å². The molecule has 0 aromatic heterocycles. The molecule has 0 spiro atoms. The van der Waals surface area contributed by atoms with E-state index in [0.717, 1.165) is 24.2 Å². The number of anilines is 1. The van der Waals surface area contributed by atoms with Gasteiger partial charge in [0.15, 0.2) is 0 Å². The number of carbonyl (C=O) groups excluding carboxylic acids is 2. The highest BCUT2D eigenvalue weighted by Crippen LogP contribution is 2.42. The Balaban J connectivity index is 2.06. The summed E-state index contributed by atoms with van der Waals surface area (Å²) < 4.78 is 0. The van der Waals surface area contributed by atoms with Gasteiger partial charge in [0.1, 0.15) is 0 Å². The maximum Gasteiger partial charge on any atom is 0.337 e. The fourth-order valence-corrected chi connectivity index (χ4v) is 3.08. The molecule has 0 bridgehead atoms. The largest absolute Gasteiger partial charge is 0.478 e. The molecule has 19 heavy (non-hydrogen) atoms. The third kappa shape index (κ3) is 1.65. The first-order valence-corrected chi connectivity index (χ1v) is 6.31. The zero-order chi connectivity index (χ0) is 13.6. The summed E-state index contributed by atoms with van der Waals surface area (Å²) in [5.41, 5.74) is 0.184. The number of carboxylic acid groups (broad SMARTS) is 1. The van der Waals surface area contributed by atoms with Gasteiger partial charge in [-0.15, -0.1) is 0 Å². The number of carbonyl (C=O) groups is 3. The van der Waals surface area contributed by atoms with Crippen LogP contribution in [-0.2, 0) is 9.59 Å². The molecule has 0 radical (unpaired) electrons. The zero-order valence-corrected chi connectivity index (χ0v) is 10.2. The van der Waals surface area contributed by atoms with Crippen LogP contribution in [0.1, 0.15) is 29.6 Å². The number of amides is 2. The van der Waals surface area contributed by atoms with Gasteiger partial charge in [-0.05, 0) is 25.0 Å². The Morgan fingerprint density at radius 2 is 1.68 bits per heavy atom. The third-order valence-corrected chi connectivity index (χ3v) is 3.97. The normalized spacial score (nSPS) is 25.8. The molecule has 98 valence electrons. The first-order valence-electron chi connectivity index (χ1n) is 6.31. The summed E-state index contributed by atoms with van der Waals surface area (Å²) in [6, 6.07) is 6.14. The fraction of sp³-hybridized carbons (Fsp3) is 0.357. The van der Waals surface area contributed by atoms with E-state index in [0.29, 0.717) is 0 Å². The van der Waals surface area contributed by atoms with E-state index in [1.54, 1.807) is 12.1 Å². The number of aromatic carboxylic acids is 1. The monoisotopic (exact) mass is 259 g/mol. The number of hydrogen-bond acceptors (Lipinski definition) is 3. The molecule has 1 aliphatic heterocycles. The highest BCUT2D eigenvalue weighted by atomic mass is 16.4. The minimum Gasteiger partial charge on any atom is -0.478 e. The van der Waals surface area contributed by atoms with Gasteiger partial charge in [0.2, 0.25) is 11.8 Å². The predicted molar refractivity (Wildman–Crippen MR) is 66.7 cm³/mol. The van der Waals surface area contributed by atoms with E-state index in [4.69, 9.17) is 5.11 Å². The number of benzene rings is 1. The van der Waals surface area contributed by atoms with Crippen LogP contribution >= 0.6 is 0 Å². The second-order valence-corrected chi connectivity index (χ2v) is 4.98. The van der Waals surface area contributed by atoms with Crippen molar-refractivity contribution in [2.75, 3.05) is 4.90 Å². The van der Waals surface area contributed by atoms with Gasteiger partial charge in [0.25, 0.3) is 0 Å². The van der Waals surface area contributed by atoms with Crippen molar-refractivity contribution in [3.63, 3.8) is 0 Å². The van der Waals surface area contributed by atoms with Gasteiger partial charge < -0.3 is 5.11 Å². The predicted octanol–water partition coefficient (Wildman–Crippen LogP) is 1.67. The molecule has 1 N–H and O–H groups in total. The van der Waals surface area contributed by atoms with Crippen molar-refractivity contribution in [2.24, 2.45) is 11.8 Å². The van der Waals surface area contributed by atoms with Gasteiger partial charge in [-0.2, -0.15) is 0 Å². The minimum atomic E-state index is -1.13. The molecule has 1 saturated carbocycles. The number of nitrogens with zero attached hydrogens (tertiary/aromatic N) is 1. The Kier molecular flexibility index (Phi) is 2.62. The fourth-order valence-electron chi connectivity index (χ4n) is 3.08. The minimum absolute atomic E-state index is 0.0100. The quantitative estimate of drug-likeness (QED) is 0.820. The molecule has 2 aliphatic rings. The molecular formula is C14H13NO4. The number of rotatable bonds is 2. The highest BCUT2D eigenvalue weighted by Gasteiger charge is 2.50. The van der Waals surface area contributed by atoms with Gasteiger partial charge in [0, 0.05) is 0 Å². The molecule has 2 unspecified atom stereocenters. The molecule has 5 nitrogen and oxygen atoms in total. The molecule has 1 heterocycles. The van der Waals surface area contributed by atoms with Crippen molar-refractivity contribution >= 4 is 23.5 Å². The van der Waals surface area contributed by atoms with Gasteiger partial charge in [-0.1, -0.05) is 18.6 Å². The summed E-state index contributed by atoms with van der Waals surface area (Å²) in [5.74, 6) is -2.14. The number of carboxylic acids is 1. The lowest BCUT2D eigenvalue weighted by Gasteiger charge is -2.17. The highest BCUT2D eigenvalue weighted by molar-refractivity contribution is 6.23. The van der Waals surface area contributed by atoms with Gasteiger partial charge in [-0.25, -0.2) is 9.69 Å². The lowest BCUT2D eigenvalue weighted by atomic mass is 10.00. The Morgan fingerprint density at radius 3 is 2.26 bits per heavy atom. The van der Waals surface area contributed by atoms with E-state index in [9.17, 15) is 14.4 Å². The molecular weight excluding hydrogens is 246 g/mol. The zero-order valence-electron chi connectivity index (χ0n) is 10.2. The summed E-state index contributed by atoms with van der Waals surface area (Å²) in [5, 5.41) is 9.15. The Bertz CT molecular complexity index is 559. The average Bonchev–Trinajstić information content (AvgIpc) is 2.95. The molecule has 1 aromatic rings. The molecule has 1 aromatic carbocycles. The van der Waals surface area contributed by atoms with E-state index in [1.807, 2.05) is 0 Å². The van der Waals surface area contributed by atoms with E-state index in [-0.39, 0.29) is 34.9 Å². The molecule has 1 saturated heterocycles. The second-order valence-electron chi connectivity index (χ2n) is 4.98. The van der Waals surface area contributed by atoms with Crippen LogP contribution in [0.25, 0.3) is 0 Å². The van der Waals surface area contributed by atoms with Gasteiger partial charge in [-0.3, -0.25) is 9.59 Å². The summed E-state index contributed by atoms with van der Waals surface area (Å²) in [6.45, 7) is 0. The topological polar surface area (TPSA) is 74.7 Å². The van der Waals surface area contributed by atoms with Crippen LogP contribution < -0.4 is 4.90 Å². The van der Waals surface area contributed by atoms with Crippen molar-refractivity contribution in [1.29, 1.82) is 0 Å². The Morgan fingerprint density at radius 1 is 1.11 bits per heavy atom. The number of hydrogen-bond donors (Lipinski definition) is 1. The third-order valence-electron chi connectivity index (χ3n) is 3.97. The van der Waals surface area contributed by atoms with Crippen LogP contribution in [-0.4, -0.2) is 22.9 Å². The summed E-state index contributed by atoms with van der Waals surface area (Å²) >= 11 is 0. The van der Waals surface area contributed by atoms with Gasteiger partial charge >= 0.3 is 5.97 Å². The lowest BCUT2D eigenvalue weighted by Crippen LogP contribution is -2.32. The van der Waals surface area contributed by atoms with Crippen LogP contribution in [0.15, 0.2) is 24.3 Å². The van der Waals surface area contributed by atoms with Crippen molar-refractivity contribution < 1.29 is 19.5 Å². The van der Waals surface area contributed by atoms with Crippen LogP contribution in [0.5, 0.6) is 0 Å². The SMILES string of the molecule is O=C(O)c1ccccc1N1C(=O)C2CCCC2C1=O. The summed E-state index contributed by atoms with van der Waals surface area (Å²) in [6.07, 6.45) is 2.34. The van der Waals surface area contributed by atoms with Crippen LogP contribution in [0.2, 0.25) is 0 Å². The standard InChI is InChI=1S/C14H13NO4/c16-12-8-5-3-6-9(8)13(17)15(12)11-7-2-1-4-10(11)14(18)19/h1-2,4,7-9H,3,5-6H2,(H,18,19). The van der Waals surface area contributed by atoms with Crippen LogP contribution in [0, 0.1) is 11.8 Å². The number of para-hydroxylation sites is 1. The summed E-state index contributed by atoms with van der Waals surface area (Å²) in [7, 11) is 0. The first kappa shape index (κ1) is 11.9. The van der Waals surface area contributed by atoms with Crippen molar-refractivity contribution in [2.45, 2.75) is 19.3 Å². The van der Waals surface area contributed by atoms with Crippen molar-refractivity contribution in [3.8, 4) is 0 Å². The van der Waals surface area contributed by atoms with Crippen molar-refractivity contribution in [3.05, 3.63) is 29.8 Å². The summed E-state index contributed by atoms with van der Waals surface area (Å²) in [4.78, 5) is 36.8. The molecule has 2 atom stereocenters. The number of imide groups is 1. The lowest BCUT2D eigenvalue weighted by molar-refractivity contribution is -0.122. The van der Waals surface area contributed by atoms with E-state index < -0.39 is 5.97 Å². The smallest absolute Gasteiger partial charge is 0.337 e. The molecule has 2 fully saturated rings. The molecule has 5 heteroatoms. The maximum absolute atomic E-state index is 12.3. The second kappa shape index (κ2) is 4.19. The van der Waals surface area contributed by atoms with E-state index in [1.165, 1.54) is 12.1 Å². The van der Waals surface area contributed by atoms with Crippen LogP contribution in [0.3, 0.4) is 0 Å². The molecule has 3 rings (SSSR count). The van der Waals surface area contributed by atoms with Crippen molar-refractivity contribution in [1.82, 2.24) is 0 Å². The average molecular weight is 259 g/mol. The Hall–Kier alpha value is -2.17. The van der Waals surface area contributed by atoms with Crippen LogP contribution in [0.4, 0.5) is 5.69 Å². The van der Waals surface area contributed by atoms with Gasteiger partial charge in [0.05, 0.1) is 23.1 Å². The first-order chi connectivity index (χ1) is 9.11.